The second-order valence-corrected chi connectivity index (χ2v) is 8.36. The maximum Gasteiger partial charge on any atom is 0.410 e. The lowest BCUT2D eigenvalue weighted by molar-refractivity contribution is -0.137. The number of fused-ring (bicyclic) bond motifs is 1. The number of nitrogens with two attached hydrogens (primary N) is 1. The molecule has 0 bridgehead atoms. The zero-order valence-electron chi connectivity index (χ0n) is 16.5. The number of piperidine rings is 1. The normalized spacial score (nSPS) is 18.9. The first-order valence-electron chi connectivity index (χ1n) is 9.32. The molecule has 2 N–H and O–H groups in total. The smallest absolute Gasteiger partial charge is 0.410 e. The van der Waals surface area contributed by atoms with Gasteiger partial charge in [0.15, 0.2) is 0 Å². The molecule has 0 saturated carbocycles. The summed E-state index contributed by atoms with van der Waals surface area (Å²) in [6.07, 6.45) is 1.69. The fraction of sp³-hybridized carbons (Fsp3) is 0.524. The molecule has 1 saturated heterocycles. The van der Waals surface area contributed by atoms with Gasteiger partial charge >= 0.3 is 12.1 Å². The molecule has 6 nitrogen and oxygen atoms in total. The monoisotopic (exact) mass is 372 g/mol. The van der Waals surface area contributed by atoms with Crippen LogP contribution < -0.4 is 5.73 Å². The SMILES string of the molecule is COC(=O)C1=C(N)c2ccccc2CC12CCN(C(=O)OC(C)(C)C)CC2. The van der Waals surface area contributed by atoms with Crippen molar-refractivity contribution in [3.05, 3.63) is 41.0 Å². The minimum atomic E-state index is -0.530. The molecule has 1 fully saturated rings. The Morgan fingerprint density at radius 3 is 2.37 bits per heavy atom. The lowest BCUT2D eigenvalue weighted by Crippen LogP contribution is -2.49. The molecule has 1 heterocycles. The highest BCUT2D eigenvalue weighted by Crippen LogP contribution is 2.48. The summed E-state index contributed by atoms with van der Waals surface area (Å²) in [6.45, 7) is 6.60. The van der Waals surface area contributed by atoms with E-state index < -0.39 is 11.0 Å². The van der Waals surface area contributed by atoms with Crippen molar-refractivity contribution in [1.82, 2.24) is 4.90 Å². The van der Waals surface area contributed by atoms with Crippen molar-refractivity contribution >= 4 is 17.8 Å². The number of ether oxygens (including phenoxy) is 2. The van der Waals surface area contributed by atoms with Crippen LogP contribution in [0.15, 0.2) is 29.8 Å². The third kappa shape index (κ3) is 3.66. The van der Waals surface area contributed by atoms with E-state index in [1.807, 2.05) is 39.0 Å². The van der Waals surface area contributed by atoms with E-state index in [2.05, 4.69) is 6.07 Å². The van der Waals surface area contributed by atoms with Gasteiger partial charge in [-0.15, -0.1) is 0 Å². The molecule has 0 unspecified atom stereocenters. The minimum Gasteiger partial charge on any atom is -0.466 e. The number of carbonyl (C=O) groups is 2. The van der Waals surface area contributed by atoms with E-state index in [1.165, 1.54) is 7.11 Å². The quantitative estimate of drug-likeness (QED) is 0.766. The third-order valence-corrected chi connectivity index (χ3v) is 5.40. The summed E-state index contributed by atoms with van der Waals surface area (Å²) in [5.74, 6) is -0.382. The second-order valence-electron chi connectivity index (χ2n) is 8.36. The number of rotatable bonds is 1. The maximum absolute atomic E-state index is 12.6. The van der Waals surface area contributed by atoms with E-state index in [0.29, 0.717) is 37.2 Å². The number of esters is 1. The van der Waals surface area contributed by atoms with Crippen LogP contribution in [0.25, 0.3) is 5.70 Å². The number of nitrogens with zero attached hydrogens (tertiary/aromatic N) is 1. The standard InChI is InChI=1S/C21H28N2O4/c1-20(2,3)27-19(25)23-11-9-21(10-12-23)13-14-7-5-6-8-15(14)17(22)16(21)18(24)26-4/h5-8H,9-13,22H2,1-4H3. The van der Waals surface area contributed by atoms with Crippen LogP contribution in [-0.2, 0) is 20.7 Å². The van der Waals surface area contributed by atoms with Gasteiger partial charge in [0.1, 0.15) is 5.60 Å². The van der Waals surface area contributed by atoms with Gasteiger partial charge in [0.2, 0.25) is 0 Å². The van der Waals surface area contributed by atoms with Crippen LogP contribution >= 0.6 is 0 Å². The molecular weight excluding hydrogens is 344 g/mol. The van der Waals surface area contributed by atoms with Gasteiger partial charge in [-0.05, 0) is 45.6 Å². The van der Waals surface area contributed by atoms with Crippen molar-refractivity contribution in [2.45, 2.75) is 45.6 Å². The van der Waals surface area contributed by atoms with Crippen LogP contribution in [0.1, 0.15) is 44.7 Å². The summed E-state index contributed by atoms with van der Waals surface area (Å²) in [4.78, 5) is 26.7. The number of hydrogen-bond acceptors (Lipinski definition) is 5. The lowest BCUT2D eigenvalue weighted by Gasteiger charge is -2.45. The van der Waals surface area contributed by atoms with E-state index in [-0.39, 0.29) is 12.1 Å². The van der Waals surface area contributed by atoms with Crippen LogP contribution in [0.4, 0.5) is 4.79 Å². The number of amides is 1. The number of carbonyl (C=O) groups excluding carboxylic acids is 2. The number of benzene rings is 1. The Labute approximate surface area is 160 Å². The number of hydrogen-bond donors (Lipinski definition) is 1. The molecule has 146 valence electrons. The van der Waals surface area contributed by atoms with Gasteiger partial charge in [-0.2, -0.15) is 0 Å². The summed E-state index contributed by atoms with van der Waals surface area (Å²) in [6, 6.07) is 7.90. The van der Waals surface area contributed by atoms with Crippen LogP contribution in [0.5, 0.6) is 0 Å². The van der Waals surface area contributed by atoms with Crippen molar-refractivity contribution in [3.8, 4) is 0 Å². The molecule has 0 radical (unpaired) electrons. The van der Waals surface area contributed by atoms with E-state index in [9.17, 15) is 9.59 Å². The van der Waals surface area contributed by atoms with Crippen molar-refractivity contribution in [2.75, 3.05) is 20.2 Å². The molecule has 0 aromatic heterocycles. The summed E-state index contributed by atoms with van der Waals surface area (Å²) in [5.41, 5.74) is 8.56. The highest BCUT2D eigenvalue weighted by molar-refractivity contribution is 5.99. The first-order chi connectivity index (χ1) is 12.7. The van der Waals surface area contributed by atoms with E-state index in [4.69, 9.17) is 15.2 Å². The zero-order chi connectivity index (χ0) is 19.8. The second kappa shape index (κ2) is 6.91. The fourth-order valence-corrected chi connectivity index (χ4v) is 4.11. The average molecular weight is 372 g/mol. The maximum atomic E-state index is 12.6. The predicted octanol–water partition coefficient (Wildman–Crippen LogP) is 3.10. The number of likely N-dealkylation sites (tertiary alicyclic amines) is 1. The van der Waals surface area contributed by atoms with E-state index >= 15 is 0 Å². The Morgan fingerprint density at radius 1 is 1.15 bits per heavy atom. The lowest BCUT2D eigenvalue weighted by atomic mass is 9.64. The van der Waals surface area contributed by atoms with Crippen LogP contribution in [-0.4, -0.2) is 42.8 Å². The number of methoxy groups -OCH3 is 1. The van der Waals surface area contributed by atoms with E-state index in [0.717, 1.165) is 17.5 Å². The van der Waals surface area contributed by atoms with Gasteiger partial charge in [-0.3, -0.25) is 0 Å². The predicted molar refractivity (Wildman–Crippen MR) is 103 cm³/mol. The topological polar surface area (TPSA) is 81.9 Å². The Bertz CT molecular complexity index is 784. The van der Waals surface area contributed by atoms with Gasteiger partial charge in [0, 0.05) is 24.1 Å². The Kier molecular flexibility index (Phi) is 4.93. The van der Waals surface area contributed by atoms with Gasteiger partial charge in [0.25, 0.3) is 0 Å². The highest BCUT2D eigenvalue weighted by Gasteiger charge is 2.46. The van der Waals surface area contributed by atoms with Crippen LogP contribution in [0.3, 0.4) is 0 Å². The van der Waals surface area contributed by atoms with Gasteiger partial charge in [0.05, 0.1) is 18.4 Å². The zero-order valence-corrected chi connectivity index (χ0v) is 16.5. The molecule has 27 heavy (non-hydrogen) atoms. The molecular formula is C21H28N2O4. The summed E-state index contributed by atoms with van der Waals surface area (Å²) in [7, 11) is 1.38. The Balaban J connectivity index is 1.89. The molecule has 1 spiro atoms. The Hall–Kier alpha value is -2.50. The van der Waals surface area contributed by atoms with Crippen molar-refractivity contribution in [1.29, 1.82) is 0 Å². The molecule has 1 aromatic carbocycles. The minimum absolute atomic E-state index is 0.315. The molecule has 6 heteroatoms. The van der Waals surface area contributed by atoms with Gasteiger partial charge in [-0.25, -0.2) is 9.59 Å². The summed E-state index contributed by atoms with van der Waals surface area (Å²) < 4.78 is 10.5. The van der Waals surface area contributed by atoms with Gasteiger partial charge < -0.3 is 20.1 Å². The van der Waals surface area contributed by atoms with Crippen LogP contribution in [0, 0.1) is 5.41 Å². The largest absolute Gasteiger partial charge is 0.466 e. The summed E-state index contributed by atoms with van der Waals surface area (Å²) in [5, 5.41) is 0. The summed E-state index contributed by atoms with van der Waals surface area (Å²) >= 11 is 0. The average Bonchev–Trinajstić information content (AvgIpc) is 2.60. The molecule has 2 aliphatic rings. The van der Waals surface area contributed by atoms with Gasteiger partial charge in [-0.1, -0.05) is 24.3 Å². The first-order valence-corrected chi connectivity index (χ1v) is 9.32. The highest BCUT2D eigenvalue weighted by atomic mass is 16.6. The Morgan fingerprint density at radius 2 is 1.78 bits per heavy atom. The van der Waals surface area contributed by atoms with E-state index in [1.54, 1.807) is 4.90 Å². The molecule has 1 aromatic rings. The molecule has 1 aliphatic heterocycles. The molecule has 3 rings (SSSR count). The molecule has 1 amide bonds. The van der Waals surface area contributed by atoms with Crippen molar-refractivity contribution < 1.29 is 19.1 Å². The molecule has 0 atom stereocenters. The van der Waals surface area contributed by atoms with Crippen molar-refractivity contribution in [3.63, 3.8) is 0 Å². The van der Waals surface area contributed by atoms with Crippen molar-refractivity contribution in [2.24, 2.45) is 11.1 Å². The first kappa shape index (κ1) is 19.3. The molecule has 1 aliphatic carbocycles. The van der Waals surface area contributed by atoms with Crippen LogP contribution in [0.2, 0.25) is 0 Å². The third-order valence-electron chi connectivity index (χ3n) is 5.40. The fourth-order valence-electron chi connectivity index (χ4n) is 4.11.